The molecule has 1 atom stereocenters. The molecular weight excluding hydrogens is 382 g/mol. The first-order valence-corrected chi connectivity index (χ1v) is 9.03. The van der Waals surface area contributed by atoms with Crippen molar-refractivity contribution in [3.63, 3.8) is 0 Å². The number of piperidine rings is 1. The van der Waals surface area contributed by atoms with Crippen LogP contribution in [0, 0.1) is 0 Å². The molecule has 9 heteroatoms. The van der Waals surface area contributed by atoms with Gasteiger partial charge < -0.3 is 20.3 Å². The molecule has 1 aromatic heterocycles. The van der Waals surface area contributed by atoms with Crippen LogP contribution in [-0.2, 0) is 4.79 Å². The first-order chi connectivity index (χ1) is 13.0. The molecule has 1 aromatic carbocycles. The summed E-state index contributed by atoms with van der Waals surface area (Å²) >= 11 is 0. The van der Waals surface area contributed by atoms with Crippen LogP contribution in [0.5, 0.6) is 5.75 Å². The number of amides is 2. The number of hydrogen-bond donors (Lipinski definition) is 2. The van der Waals surface area contributed by atoms with Crippen LogP contribution >= 0.6 is 12.4 Å². The lowest BCUT2D eigenvalue weighted by atomic mass is 10.1. The molecule has 1 aliphatic heterocycles. The van der Waals surface area contributed by atoms with Gasteiger partial charge in [-0.3, -0.25) is 14.3 Å². The van der Waals surface area contributed by atoms with Gasteiger partial charge in [0.1, 0.15) is 5.75 Å². The molecular formula is C19H26ClN5O3. The summed E-state index contributed by atoms with van der Waals surface area (Å²) < 4.78 is 7.33. The van der Waals surface area contributed by atoms with Crippen LogP contribution in [-0.4, -0.2) is 60.3 Å². The summed E-state index contributed by atoms with van der Waals surface area (Å²) in [5, 5.41) is 10.6. The monoisotopic (exact) mass is 407 g/mol. The van der Waals surface area contributed by atoms with E-state index in [1.807, 2.05) is 10.9 Å². The molecule has 1 saturated heterocycles. The predicted octanol–water partition coefficient (Wildman–Crippen LogP) is 1.95. The lowest BCUT2D eigenvalue weighted by Gasteiger charge is -2.22. The van der Waals surface area contributed by atoms with Crippen molar-refractivity contribution in [3.05, 3.63) is 42.2 Å². The Hall–Kier alpha value is -2.58. The zero-order valence-electron chi connectivity index (χ0n) is 16.1. The lowest BCUT2D eigenvalue weighted by molar-refractivity contribution is -0.130. The topological polar surface area (TPSA) is 88.5 Å². The molecule has 2 amide bonds. The van der Waals surface area contributed by atoms with E-state index in [0.717, 1.165) is 25.9 Å². The van der Waals surface area contributed by atoms with Gasteiger partial charge in [-0.1, -0.05) is 6.07 Å². The Morgan fingerprint density at radius 3 is 2.89 bits per heavy atom. The van der Waals surface area contributed by atoms with E-state index in [1.165, 1.54) is 4.90 Å². The van der Waals surface area contributed by atoms with Crippen molar-refractivity contribution in [1.82, 2.24) is 20.0 Å². The third-order valence-electron chi connectivity index (χ3n) is 4.44. The molecule has 2 aromatic rings. The highest BCUT2D eigenvalue weighted by Crippen LogP contribution is 2.19. The van der Waals surface area contributed by atoms with E-state index in [-0.39, 0.29) is 36.9 Å². The van der Waals surface area contributed by atoms with Crippen LogP contribution in [0.2, 0.25) is 0 Å². The SMILES string of the molecule is CN(C)C(=O)COc1cccc(NC(=O)c2ccn(C3CCCNC3)n2)c1.Cl. The molecule has 28 heavy (non-hydrogen) atoms. The number of ether oxygens (including phenoxy) is 1. The van der Waals surface area contributed by atoms with Gasteiger partial charge in [-0.05, 0) is 37.6 Å². The number of rotatable bonds is 6. The van der Waals surface area contributed by atoms with Gasteiger partial charge in [0, 0.05) is 38.6 Å². The fraction of sp³-hybridized carbons (Fsp3) is 0.421. The number of likely N-dealkylation sites (N-methyl/N-ethyl adjacent to an activating group) is 1. The standard InChI is InChI=1S/C19H25N5O3.ClH/c1-23(2)18(25)13-27-16-7-3-5-14(11-16)21-19(26)17-8-10-24(22-17)15-6-4-9-20-12-15;/h3,5,7-8,10-11,15,20H,4,6,9,12-13H2,1-2H3,(H,21,26);1H. The third-order valence-corrected chi connectivity index (χ3v) is 4.44. The summed E-state index contributed by atoms with van der Waals surface area (Å²) in [5.74, 6) is 0.105. The molecule has 0 saturated carbocycles. The summed E-state index contributed by atoms with van der Waals surface area (Å²) in [7, 11) is 3.34. The quantitative estimate of drug-likeness (QED) is 0.764. The number of anilines is 1. The molecule has 2 N–H and O–H groups in total. The summed E-state index contributed by atoms with van der Waals surface area (Å²) in [4.78, 5) is 25.5. The Morgan fingerprint density at radius 2 is 2.18 bits per heavy atom. The van der Waals surface area contributed by atoms with Crippen molar-refractivity contribution in [2.24, 2.45) is 0 Å². The smallest absolute Gasteiger partial charge is 0.276 e. The van der Waals surface area contributed by atoms with E-state index in [2.05, 4.69) is 15.7 Å². The molecule has 0 aliphatic carbocycles. The second kappa shape index (κ2) is 10.1. The Labute approximate surface area is 170 Å². The molecule has 152 valence electrons. The Balaban J connectivity index is 0.00000280. The highest BCUT2D eigenvalue weighted by atomic mass is 35.5. The van der Waals surface area contributed by atoms with E-state index in [4.69, 9.17) is 4.74 Å². The largest absolute Gasteiger partial charge is 0.484 e. The fourth-order valence-corrected chi connectivity index (χ4v) is 2.85. The molecule has 0 spiro atoms. The van der Waals surface area contributed by atoms with Crippen molar-refractivity contribution in [2.75, 3.05) is 39.1 Å². The third kappa shape index (κ3) is 5.71. The van der Waals surface area contributed by atoms with E-state index in [0.29, 0.717) is 17.1 Å². The number of hydrogen-bond acceptors (Lipinski definition) is 5. The summed E-state index contributed by atoms with van der Waals surface area (Å²) in [5.41, 5.74) is 0.957. The van der Waals surface area contributed by atoms with Crippen LogP contribution in [0.25, 0.3) is 0 Å². The molecule has 1 aliphatic rings. The van der Waals surface area contributed by atoms with Crippen molar-refractivity contribution < 1.29 is 14.3 Å². The Kier molecular flexibility index (Phi) is 7.83. The lowest BCUT2D eigenvalue weighted by Crippen LogP contribution is -2.32. The van der Waals surface area contributed by atoms with Crippen LogP contribution in [0.4, 0.5) is 5.69 Å². The van der Waals surface area contributed by atoms with Crippen molar-refractivity contribution in [3.8, 4) is 5.75 Å². The van der Waals surface area contributed by atoms with E-state index >= 15 is 0 Å². The highest BCUT2D eigenvalue weighted by Gasteiger charge is 2.18. The van der Waals surface area contributed by atoms with Gasteiger partial charge in [0.2, 0.25) is 0 Å². The number of benzene rings is 1. The van der Waals surface area contributed by atoms with Crippen LogP contribution in [0.3, 0.4) is 0 Å². The Bertz CT molecular complexity index is 802. The second-order valence-corrected chi connectivity index (χ2v) is 6.74. The summed E-state index contributed by atoms with van der Waals surface area (Å²) in [6.07, 6.45) is 4.01. The molecule has 1 fully saturated rings. The average Bonchev–Trinajstić information content (AvgIpc) is 3.17. The minimum Gasteiger partial charge on any atom is -0.484 e. The molecule has 0 radical (unpaired) electrons. The van der Waals surface area contributed by atoms with Gasteiger partial charge in [-0.25, -0.2) is 0 Å². The molecule has 1 unspecified atom stereocenters. The van der Waals surface area contributed by atoms with Crippen molar-refractivity contribution in [1.29, 1.82) is 0 Å². The first kappa shape index (κ1) is 21.7. The minimum absolute atomic E-state index is 0. The van der Waals surface area contributed by atoms with Gasteiger partial charge in [0.15, 0.2) is 12.3 Å². The maximum atomic E-state index is 12.5. The minimum atomic E-state index is -0.279. The fourth-order valence-electron chi connectivity index (χ4n) is 2.85. The first-order valence-electron chi connectivity index (χ1n) is 9.03. The molecule has 3 rings (SSSR count). The van der Waals surface area contributed by atoms with Gasteiger partial charge in [-0.2, -0.15) is 5.10 Å². The van der Waals surface area contributed by atoms with Gasteiger partial charge in [0.25, 0.3) is 11.8 Å². The number of halogens is 1. The second-order valence-electron chi connectivity index (χ2n) is 6.74. The van der Waals surface area contributed by atoms with Crippen LogP contribution in [0.15, 0.2) is 36.5 Å². The number of nitrogens with zero attached hydrogens (tertiary/aromatic N) is 3. The molecule has 2 heterocycles. The number of carbonyl (C=O) groups is 2. The van der Waals surface area contributed by atoms with Crippen LogP contribution < -0.4 is 15.4 Å². The van der Waals surface area contributed by atoms with Gasteiger partial charge >= 0.3 is 0 Å². The maximum absolute atomic E-state index is 12.5. The van der Waals surface area contributed by atoms with Gasteiger partial charge in [-0.15, -0.1) is 12.4 Å². The summed E-state index contributed by atoms with van der Waals surface area (Å²) in [6.45, 7) is 1.85. The normalized spacial score (nSPS) is 16.0. The van der Waals surface area contributed by atoms with Crippen molar-refractivity contribution in [2.45, 2.75) is 18.9 Å². The summed E-state index contributed by atoms with van der Waals surface area (Å²) in [6, 6.07) is 8.95. The number of aromatic nitrogens is 2. The van der Waals surface area contributed by atoms with E-state index in [9.17, 15) is 9.59 Å². The Morgan fingerprint density at radius 1 is 1.36 bits per heavy atom. The highest BCUT2D eigenvalue weighted by molar-refractivity contribution is 6.02. The zero-order chi connectivity index (χ0) is 19.2. The maximum Gasteiger partial charge on any atom is 0.276 e. The van der Waals surface area contributed by atoms with Crippen LogP contribution in [0.1, 0.15) is 29.4 Å². The van der Waals surface area contributed by atoms with E-state index in [1.54, 1.807) is 44.4 Å². The predicted molar refractivity (Wildman–Crippen MR) is 109 cm³/mol. The zero-order valence-corrected chi connectivity index (χ0v) is 16.9. The molecule has 0 bridgehead atoms. The number of nitrogens with one attached hydrogen (secondary N) is 2. The average molecular weight is 408 g/mol. The van der Waals surface area contributed by atoms with Crippen molar-refractivity contribution >= 4 is 29.9 Å². The van der Waals surface area contributed by atoms with E-state index < -0.39 is 0 Å². The molecule has 8 nitrogen and oxygen atoms in total. The van der Waals surface area contributed by atoms with Gasteiger partial charge in [0.05, 0.1) is 6.04 Å². The number of carbonyl (C=O) groups excluding carboxylic acids is 2.